The smallest absolute Gasteiger partial charge is 0.318 e. The first-order valence-electron chi connectivity index (χ1n) is 11.0. The van der Waals surface area contributed by atoms with Crippen LogP contribution < -0.4 is 16.3 Å². The Kier molecular flexibility index (Phi) is 5.65. The van der Waals surface area contributed by atoms with Crippen LogP contribution in [0, 0.1) is 0 Å². The van der Waals surface area contributed by atoms with E-state index in [0.717, 1.165) is 15.0 Å². The molecule has 2 aromatic heterocycles. The topological polar surface area (TPSA) is 113 Å². The minimum absolute atomic E-state index is 0.301. The zero-order valence-electron chi connectivity index (χ0n) is 18.7. The van der Waals surface area contributed by atoms with E-state index in [-0.39, 0.29) is 5.56 Å². The molecule has 4 amide bonds. The molecule has 3 heterocycles. The zero-order valence-corrected chi connectivity index (χ0v) is 19.5. The molecule has 1 fully saturated rings. The first kappa shape index (κ1) is 22.5. The number of hydrogen-bond acceptors (Lipinski definition) is 6. The highest BCUT2D eigenvalue weighted by Gasteiger charge is 2.52. The van der Waals surface area contributed by atoms with Gasteiger partial charge in [-0.3, -0.25) is 24.4 Å². The second kappa shape index (κ2) is 8.80. The molecular weight excluding hydrogens is 466 g/mol. The van der Waals surface area contributed by atoms with Crippen LogP contribution in [0.1, 0.15) is 18.9 Å². The molecule has 1 saturated heterocycles. The van der Waals surface area contributed by atoms with Gasteiger partial charge in [-0.2, -0.15) is 5.01 Å². The number of carbonyl (C=O) groups is 3. The zero-order chi connectivity index (χ0) is 24.6. The quantitative estimate of drug-likeness (QED) is 0.406. The van der Waals surface area contributed by atoms with E-state index in [2.05, 4.69) is 15.7 Å². The first-order valence-corrected chi connectivity index (χ1v) is 11.8. The van der Waals surface area contributed by atoms with Gasteiger partial charge >= 0.3 is 6.03 Å². The van der Waals surface area contributed by atoms with Crippen LogP contribution in [-0.4, -0.2) is 32.4 Å². The number of thiophene rings is 1. The first-order chi connectivity index (χ1) is 16.9. The molecule has 2 aromatic carbocycles. The second-order valence-corrected chi connectivity index (χ2v) is 9.13. The third-order valence-corrected chi connectivity index (χ3v) is 7.11. The lowest BCUT2D eigenvalue weighted by atomic mass is 9.87. The predicted octanol–water partition coefficient (Wildman–Crippen LogP) is 3.01. The Hall–Kier alpha value is -4.31. The largest absolute Gasteiger partial charge is 0.344 e. The maximum atomic E-state index is 13.2. The van der Waals surface area contributed by atoms with E-state index in [0.29, 0.717) is 27.2 Å². The summed E-state index contributed by atoms with van der Waals surface area (Å²) in [5.74, 6) is -1.29. The van der Waals surface area contributed by atoms with Crippen LogP contribution in [0.5, 0.6) is 0 Å². The lowest BCUT2D eigenvalue weighted by Gasteiger charge is -2.25. The number of fused-ring (bicyclic) bond motifs is 1. The Morgan fingerprint density at radius 1 is 1.06 bits per heavy atom. The molecule has 1 aliphatic heterocycles. The molecule has 9 nitrogen and oxygen atoms in total. The monoisotopic (exact) mass is 487 g/mol. The number of urea groups is 1. The minimum Gasteiger partial charge on any atom is -0.318 e. The molecular formula is C25H21N5O4S. The number of nitrogens with zero attached hydrogens (tertiary/aromatic N) is 3. The van der Waals surface area contributed by atoms with Crippen LogP contribution in [0.25, 0.3) is 20.7 Å². The summed E-state index contributed by atoms with van der Waals surface area (Å²) in [7, 11) is 0. The standard InChI is InChI=1S/C25H21N5O4S/c1-2-25(17-11-7-4-8-12-17)23(33)30(24(34)27-25)28-20(31)14-29-15-26-21-18(22(29)32)13-19(35-21)16-9-5-3-6-10-16/h3-13,15H,2,14H2,1H3,(H,27,34)(H,28,31)/t25-/m1/s1. The molecule has 0 saturated carbocycles. The number of carbonyl (C=O) groups excluding carboxylic acids is 3. The van der Waals surface area contributed by atoms with Crippen molar-refractivity contribution in [2.45, 2.75) is 25.4 Å². The molecule has 35 heavy (non-hydrogen) atoms. The van der Waals surface area contributed by atoms with Crippen molar-refractivity contribution in [3.05, 3.63) is 89.0 Å². The Balaban J connectivity index is 1.36. The summed E-state index contributed by atoms with van der Waals surface area (Å²) < 4.78 is 1.15. The molecule has 1 atom stereocenters. The molecule has 0 unspecified atom stereocenters. The van der Waals surface area contributed by atoms with E-state index in [9.17, 15) is 19.2 Å². The van der Waals surface area contributed by atoms with Crippen molar-refractivity contribution in [1.82, 2.24) is 25.3 Å². The summed E-state index contributed by atoms with van der Waals surface area (Å²) in [5, 5.41) is 3.77. The van der Waals surface area contributed by atoms with Gasteiger partial charge in [0.25, 0.3) is 17.4 Å². The van der Waals surface area contributed by atoms with Gasteiger partial charge in [0.15, 0.2) is 0 Å². The van der Waals surface area contributed by atoms with Crippen LogP contribution >= 0.6 is 11.3 Å². The average molecular weight is 488 g/mol. The van der Waals surface area contributed by atoms with Gasteiger partial charge in [0.1, 0.15) is 16.9 Å². The van der Waals surface area contributed by atoms with Gasteiger partial charge in [-0.1, -0.05) is 67.6 Å². The Labute approximate surface area is 204 Å². The lowest BCUT2D eigenvalue weighted by molar-refractivity contribution is -0.139. The third-order valence-electron chi connectivity index (χ3n) is 6.02. The van der Waals surface area contributed by atoms with Gasteiger partial charge < -0.3 is 5.32 Å². The number of hydrogen-bond donors (Lipinski definition) is 2. The normalized spacial score (nSPS) is 17.6. The number of imide groups is 1. The molecule has 2 N–H and O–H groups in total. The number of hydrazine groups is 1. The van der Waals surface area contributed by atoms with Crippen molar-refractivity contribution < 1.29 is 14.4 Å². The summed E-state index contributed by atoms with van der Waals surface area (Å²) in [4.78, 5) is 57.3. The molecule has 4 aromatic rings. The number of aromatic nitrogens is 2. The number of benzene rings is 2. The highest BCUT2D eigenvalue weighted by molar-refractivity contribution is 7.21. The van der Waals surface area contributed by atoms with Crippen LogP contribution in [0.3, 0.4) is 0 Å². The molecule has 10 heteroatoms. The maximum Gasteiger partial charge on any atom is 0.344 e. The Bertz CT molecular complexity index is 1500. The molecule has 176 valence electrons. The fraction of sp³-hybridized carbons (Fsp3) is 0.160. The highest BCUT2D eigenvalue weighted by atomic mass is 32.1. The summed E-state index contributed by atoms with van der Waals surface area (Å²) in [6.45, 7) is 1.38. The summed E-state index contributed by atoms with van der Waals surface area (Å²) in [6.07, 6.45) is 1.59. The SMILES string of the molecule is CC[C@]1(c2ccccc2)NC(=O)N(NC(=O)Cn2cnc3sc(-c4ccccc4)cc3c2=O)C1=O. The molecule has 1 aliphatic rings. The lowest BCUT2D eigenvalue weighted by Crippen LogP contribution is -2.49. The number of rotatable bonds is 6. The molecule has 0 radical (unpaired) electrons. The van der Waals surface area contributed by atoms with E-state index in [1.807, 2.05) is 36.4 Å². The fourth-order valence-corrected chi connectivity index (χ4v) is 5.17. The molecule has 0 bridgehead atoms. The van der Waals surface area contributed by atoms with Gasteiger partial charge in [0, 0.05) is 4.88 Å². The minimum atomic E-state index is -1.27. The summed E-state index contributed by atoms with van der Waals surface area (Å²) >= 11 is 1.39. The van der Waals surface area contributed by atoms with Crippen molar-refractivity contribution in [3.63, 3.8) is 0 Å². The predicted molar refractivity (Wildman–Crippen MR) is 131 cm³/mol. The van der Waals surface area contributed by atoms with Crippen LogP contribution in [0.15, 0.2) is 77.9 Å². The third kappa shape index (κ3) is 3.87. The van der Waals surface area contributed by atoms with Crippen LogP contribution in [0.4, 0.5) is 4.79 Å². The maximum absolute atomic E-state index is 13.2. The van der Waals surface area contributed by atoms with Crippen LogP contribution in [-0.2, 0) is 21.7 Å². The summed E-state index contributed by atoms with van der Waals surface area (Å²) in [5.41, 5.74) is 2.28. The van der Waals surface area contributed by atoms with Gasteiger partial charge in [-0.25, -0.2) is 9.78 Å². The van der Waals surface area contributed by atoms with E-state index in [1.165, 1.54) is 17.7 Å². The van der Waals surface area contributed by atoms with Crippen molar-refractivity contribution >= 4 is 39.4 Å². The highest BCUT2D eigenvalue weighted by Crippen LogP contribution is 2.32. The Morgan fingerprint density at radius 3 is 2.43 bits per heavy atom. The van der Waals surface area contributed by atoms with Gasteiger partial charge in [-0.15, -0.1) is 11.3 Å². The second-order valence-electron chi connectivity index (χ2n) is 8.10. The molecule has 5 rings (SSSR count). The van der Waals surface area contributed by atoms with E-state index in [1.54, 1.807) is 37.3 Å². The van der Waals surface area contributed by atoms with E-state index >= 15 is 0 Å². The van der Waals surface area contributed by atoms with Gasteiger partial charge in [0.2, 0.25) is 0 Å². The van der Waals surface area contributed by atoms with Gasteiger partial charge in [-0.05, 0) is 23.6 Å². The molecule has 0 spiro atoms. The fourth-order valence-electron chi connectivity index (χ4n) is 4.17. The molecule has 0 aliphatic carbocycles. The van der Waals surface area contributed by atoms with Crippen molar-refractivity contribution in [2.24, 2.45) is 0 Å². The van der Waals surface area contributed by atoms with Crippen LogP contribution in [0.2, 0.25) is 0 Å². The van der Waals surface area contributed by atoms with E-state index in [4.69, 9.17) is 0 Å². The summed E-state index contributed by atoms with van der Waals surface area (Å²) in [6, 6.07) is 19.5. The number of amides is 4. The Morgan fingerprint density at radius 2 is 1.74 bits per heavy atom. The van der Waals surface area contributed by atoms with Crippen molar-refractivity contribution in [3.8, 4) is 10.4 Å². The van der Waals surface area contributed by atoms with Crippen molar-refractivity contribution in [2.75, 3.05) is 0 Å². The van der Waals surface area contributed by atoms with Gasteiger partial charge in [0.05, 0.1) is 11.7 Å². The van der Waals surface area contributed by atoms with Crippen molar-refractivity contribution in [1.29, 1.82) is 0 Å². The van der Waals surface area contributed by atoms with E-state index < -0.39 is 29.9 Å². The number of nitrogens with one attached hydrogen (secondary N) is 2. The average Bonchev–Trinajstić information content (AvgIpc) is 3.43.